The van der Waals surface area contributed by atoms with E-state index >= 15 is 0 Å². The zero-order chi connectivity index (χ0) is 13.9. The summed E-state index contributed by atoms with van der Waals surface area (Å²) in [6.07, 6.45) is 5.20. The number of likely N-dealkylation sites (N-methyl/N-ethyl adjacent to an activating group) is 1. The normalized spacial score (nSPS) is 30.7. The lowest BCUT2D eigenvalue weighted by Crippen LogP contribution is -2.40. The van der Waals surface area contributed by atoms with Crippen molar-refractivity contribution < 1.29 is 9.53 Å². The fourth-order valence-electron chi connectivity index (χ4n) is 4.31. The number of hydrogen-bond donors (Lipinski definition) is 0. The zero-order valence-corrected chi connectivity index (χ0v) is 12.0. The summed E-state index contributed by atoms with van der Waals surface area (Å²) in [5.41, 5.74) is 3.82. The highest BCUT2D eigenvalue weighted by molar-refractivity contribution is 5.90. The van der Waals surface area contributed by atoms with Crippen molar-refractivity contribution in [3.05, 3.63) is 41.0 Å². The molecule has 0 radical (unpaired) electrons. The van der Waals surface area contributed by atoms with Gasteiger partial charge < -0.3 is 9.64 Å². The topological polar surface area (TPSA) is 29.5 Å². The quantitative estimate of drug-likeness (QED) is 0.733. The first kappa shape index (κ1) is 12.0. The van der Waals surface area contributed by atoms with E-state index in [0.717, 1.165) is 31.6 Å². The van der Waals surface area contributed by atoms with Gasteiger partial charge in [-0.15, -0.1) is 0 Å². The maximum Gasteiger partial charge on any atom is 0.233 e. The van der Waals surface area contributed by atoms with Crippen molar-refractivity contribution in [3.8, 4) is 5.75 Å². The Morgan fingerprint density at radius 3 is 3.05 bits per heavy atom. The van der Waals surface area contributed by atoms with E-state index < -0.39 is 0 Å². The molecule has 3 nitrogen and oxygen atoms in total. The molecule has 1 heterocycles. The lowest BCUT2D eigenvalue weighted by molar-refractivity contribution is -0.135. The van der Waals surface area contributed by atoms with E-state index in [1.165, 1.54) is 16.7 Å². The van der Waals surface area contributed by atoms with Gasteiger partial charge in [0, 0.05) is 13.6 Å². The molecule has 104 valence electrons. The Balaban J connectivity index is 1.84. The molecule has 1 aromatic carbocycles. The van der Waals surface area contributed by atoms with E-state index in [9.17, 15) is 4.79 Å². The molecule has 0 saturated carbocycles. The van der Waals surface area contributed by atoms with Crippen LogP contribution in [0.3, 0.4) is 0 Å². The molecule has 3 aliphatic rings. The van der Waals surface area contributed by atoms with Gasteiger partial charge in [0.15, 0.2) is 0 Å². The van der Waals surface area contributed by atoms with E-state index in [1.54, 1.807) is 7.11 Å². The van der Waals surface area contributed by atoms with E-state index in [2.05, 4.69) is 18.2 Å². The highest BCUT2D eigenvalue weighted by atomic mass is 16.5. The molecule has 0 N–H and O–H groups in total. The first-order valence-electron chi connectivity index (χ1n) is 7.26. The highest BCUT2D eigenvalue weighted by Crippen LogP contribution is 2.55. The molecule has 3 heteroatoms. The number of fused-ring (bicyclic) bond motifs is 3. The van der Waals surface area contributed by atoms with E-state index in [-0.39, 0.29) is 5.41 Å². The maximum atomic E-state index is 12.7. The van der Waals surface area contributed by atoms with Gasteiger partial charge in [-0.05, 0) is 54.0 Å². The third-order valence-electron chi connectivity index (χ3n) is 5.31. The first-order valence-corrected chi connectivity index (χ1v) is 7.26. The van der Waals surface area contributed by atoms with Gasteiger partial charge in [0.2, 0.25) is 5.91 Å². The van der Waals surface area contributed by atoms with Crippen molar-refractivity contribution in [2.75, 3.05) is 20.7 Å². The number of carbonyl (C=O) groups excluding carboxylic acids is 1. The Morgan fingerprint density at radius 1 is 1.40 bits per heavy atom. The lowest BCUT2D eigenvalue weighted by atomic mass is 9.60. The summed E-state index contributed by atoms with van der Waals surface area (Å²) >= 11 is 0. The van der Waals surface area contributed by atoms with Crippen LogP contribution in [0.1, 0.15) is 29.9 Å². The number of ether oxygens (including phenoxy) is 1. The van der Waals surface area contributed by atoms with Crippen LogP contribution in [-0.4, -0.2) is 31.5 Å². The smallest absolute Gasteiger partial charge is 0.233 e. The first-order chi connectivity index (χ1) is 9.64. The standard InChI is InChI=1S/C17H19NO2/c1-18-10-13-5-3-11-8-17(13,16(18)19)9-12-4-6-14(20-2)7-15(11)12/h4-7,11H,3,8-10H2,1-2H3/t11-,17-/m1/s1. The van der Waals surface area contributed by atoms with Crippen molar-refractivity contribution in [1.82, 2.24) is 4.90 Å². The van der Waals surface area contributed by atoms with E-state index in [1.807, 2.05) is 18.0 Å². The number of rotatable bonds is 1. The average Bonchev–Trinajstić information content (AvgIpc) is 2.70. The molecular formula is C17H19NO2. The van der Waals surface area contributed by atoms with E-state index in [4.69, 9.17) is 4.74 Å². The largest absolute Gasteiger partial charge is 0.497 e. The monoisotopic (exact) mass is 269 g/mol. The number of methoxy groups -OCH3 is 1. The van der Waals surface area contributed by atoms with Gasteiger partial charge in [0.05, 0.1) is 12.5 Å². The molecule has 1 fully saturated rings. The number of nitrogens with zero attached hydrogens (tertiary/aromatic N) is 1. The highest BCUT2D eigenvalue weighted by Gasteiger charge is 2.54. The van der Waals surface area contributed by atoms with Crippen molar-refractivity contribution in [3.63, 3.8) is 0 Å². The second-order valence-corrected chi connectivity index (χ2v) is 6.35. The van der Waals surface area contributed by atoms with Crippen molar-refractivity contribution in [2.24, 2.45) is 5.41 Å². The maximum absolute atomic E-state index is 12.7. The Hall–Kier alpha value is -1.77. The molecule has 1 amide bonds. The van der Waals surface area contributed by atoms with Crippen LogP contribution < -0.4 is 4.74 Å². The minimum atomic E-state index is -0.237. The van der Waals surface area contributed by atoms with Crippen LogP contribution in [0.15, 0.2) is 29.8 Å². The van der Waals surface area contributed by atoms with Gasteiger partial charge in [0.1, 0.15) is 5.75 Å². The van der Waals surface area contributed by atoms with Gasteiger partial charge in [-0.3, -0.25) is 4.79 Å². The molecule has 1 aliphatic heterocycles. The molecule has 2 atom stereocenters. The van der Waals surface area contributed by atoms with Gasteiger partial charge in [-0.25, -0.2) is 0 Å². The Kier molecular flexibility index (Phi) is 2.33. The van der Waals surface area contributed by atoms with Gasteiger partial charge in [-0.2, -0.15) is 0 Å². The Bertz CT molecular complexity index is 634. The van der Waals surface area contributed by atoms with Crippen LogP contribution in [0.5, 0.6) is 5.75 Å². The van der Waals surface area contributed by atoms with Gasteiger partial charge in [0.25, 0.3) is 0 Å². The summed E-state index contributed by atoms with van der Waals surface area (Å²) in [5, 5.41) is 0. The number of likely N-dealkylation sites (tertiary alicyclic amines) is 1. The predicted molar refractivity (Wildman–Crippen MR) is 76.8 cm³/mol. The molecular weight excluding hydrogens is 250 g/mol. The SMILES string of the molecule is COc1ccc2c(c1)[C@@H]1CC=C3CN(C)C(=O)[C@@]3(C2)C1. The van der Waals surface area contributed by atoms with Crippen LogP contribution in [0.2, 0.25) is 0 Å². The number of benzene rings is 1. The van der Waals surface area contributed by atoms with Crippen molar-refractivity contribution >= 4 is 5.91 Å². The summed E-state index contributed by atoms with van der Waals surface area (Å²) in [6.45, 7) is 0.817. The van der Waals surface area contributed by atoms with E-state index in [0.29, 0.717) is 11.8 Å². The number of hydrogen-bond acceptors (Lipinski definition) is 2. The molecule has 2 aliphatic carbocycles. The van der Waals surface area contributed by atoms with Crippen LogP contribution in [0, 0.1) is 5.41 Å². The minimum absolute atomic E-state index is 0.237. The number of amides is 1. The Labute approximate surface area is 119 Å². The van der Waals surface area contributed by atoms with Gasteiger partial charge >= 0.3 is 0 Å². The van der Waals surface area contributed by atoms with Crippen LogP contribution in [0.25, 0.3) is 0 Å². The second kappa shape index (κ2) is 3.87. The molecule has 1 aromatic rings. The summed E-state index contributed by atoms with van der Waals surface area (Å²) < 4.78 is 5.35. The van der Waals surface area contributed by atoms with Crippen LogP contribution in [-0.2, 0) is 11.2 Å². The number of allylic oxidation sites excluding steroid dienone is 1. The summed E-state index contributed by atoms with van der Waals surface area (Å²) in [6, 6.07) is 6.33. The molecule has 2 bridgehead atoms. The number of carbonyl (C=O) groups is 1. The molecule has 0 aromatic heterocycles. The lowest BCUT2D eigenvalue weighted by Gasteiger charge is -2.41. The summed E-state index contributed by atoms with van der Waals surface area (Å²) in [5.74, 6) is 1.70. The molecule has 0 unspecified atom stereocenters. The zero-order valence-electron chi connectivity index (χ0n) is 12.0. The van der Waals surface area contributed by atoms with Crippen molar-refractivity contribution in [1.29, 1.82) is 0 Å². The van der Waals surface area contributed by atoms with Crippen molar-refractivity contribution in [2.45, 2.75) is 25.2 Å². The third kappa shape index (κ3) is 1.38. The predicted octanol–water partition coefficient (Wildman–Crippen LogP) is 2.51. The van der Waals surface area contributed by atoms with Crippen LogP contribution in [0.4, 0.5) is 0 Å². The minimum Gasteiger partial charge on any atom is -0.497 e. The summed E-state index contributed by atoms with van der Waals surface area (Å²) in [4.78, 5) is 14.6. The Morgan fingerprint density at radius 2 is 2.25 bits per heavy atom. The van der Waals surface area contributed by atoms with Crippen LogP contribution >= 0.6 is 0 Å². The fraction of sp³-hybridized carbons (Fsp3) is 0.471. The summed E-state index contributed by atoms with van der Waals surface area (Å²) in [7, 11) is 3.63. The molecule has 1 saturated heterocycles. The molecule has 4 rings (SSSR count). The average molecular weight is 269 g/mol. The van der Waals surface area contributed by atoms with Gasteiger partial charge in [-0.1, -0.05) is 12.1 Å². The molecule has 20 heavy (non-hydrogen) atoms. The second-order valence-electron chi connectivity index (χ2n) is 6.35. The molecule has 1 spiro atoms. The fourth-order valence-corrected chi connectivity index (χ4v) is 4.31. The third-order valence-corrected chi connectivity index (χ3v) is 5.31.